The summed E-state index contributed by atoms with van der Waals surface area (Å²) in [7, 11) is 0. The molecule has 0 aliphatic carbocycles. The molecule has 12 heavy (non-hydrogen) atoms. The van der Waals surface area contributed by atoms with E-state index in [0.717, 1.165) is 11.4 Å². The normalized spacial score (nSPS) is 10.2. The van der Waals surface area contributed by atoms with Crippen LogP contribution in [-0.2, 0) is 11.3 Å². The SMILES string of the molecule is Cc1cc(Cl)ccc1CCON. The first-order valence-corrected chi connectivity index (χ1v) is 4.18. The van der Waals surface area contributed by atoms with Crippen LogP contribution in [0.5, 0.6) is 0 Å². The van der Waals surface area contributed by atoms with Gasteiger partial charge < -0.3 is 4.84 Å². The van der Waals surface area contributed by atoms with Crippen LogP contribution in [0.15, 0.2) is 18.2 Å². The van der Waals surface area contributed by atoms with Crippen molar-refractivity contribution in [3.05, 3.63) is 34.3 Å². The van der Waals surface area contributed by atoms with Gasteiger partial charge >= 0.3 is 0 Å². The molecule has 0 atom stereocenters. The van der Waals surface area contributed by atoms with E-state index in [9.17, 15) is 0 Å². The smallest absolute Gasteiger partial charge is 0.0719 e. The van der Waals surface area contributed by atoms with Crippen LogP contribution in [0.3, 0.4) is 0 Å². The molecule has 0 aromatic heterocycles. The summed E-state index contributed by atoms with van der Waals surface area (Å²) < 4.78 is 0. The van der Waals surface area contributed by atoms with Gasteiger partial charge in [-0.3, -0.25) is 0 Å². The third kappa shape index (κ3) is 2.48. The second-order valence-electron chi connectivity index (χ2n) is 2.69. The van der Waals surface area contributed by atoms with Crippen molar-refractivity contribution < 1.29 is 4.84 Å². The first-order chi connectivity index (χ1) is 5.74. The minimum absolute atomic E-state index is 0.544. The number of hydrogen-bond acceptors (Lipinski definition) is 2. The minimum atomic E-state index is 0.544. The van der Waals surface area contributed by atoms with E-state index in [0.29, 0.717) is 6.61 Å². The summed E-state index contributed by atoms with van der Waals surface area (Å²) in [6.07, 6.45) is 0.833. The molecule has 0 amide bonds. The Morgan fingerprint density at radius 3 is 2.83 bits per heavy atom. The van der Waals surface area contributed by atoms with Crippen molar-refractivity contribution in [1.29, 1.82) is 0 Å². The van der Waals surface area contributed by atoms with Gasteiger partial charge in [-0.05, 0) is 36.6 Å². The Balaban J connectivity index is 2.72. The summed E-state index contributed by atoms with van der Waals surface area (Å²) in [4.78, 5) is 4.50. The maximum atomic E-state index is 5.80. The molecule has 0 bridgehead atoms. The molecule has 1 aromatic carbocycles. The van der Waals surface area contributed by atoms with Crippen molar-refractivity contribution in [1.82, 2.24) is 0 Å². The number of aryl methyl sites for hydroxylation is 1. The van der Waals surface area contributed by atoms with Gasteiger partial charge in [0.15, 0.2) is 0 Å². The minimum Gasteiger partial charge on any atom is -0.304 e. The molecule has 0 saturated carbocycles. The Labute approximate surface area is 77.2 Å². The Morgan fingerprint density at radius 1 is 1.50 bits per heavy atom. The van der Waals surface area contributed by atoms with Crippen LogP contribution < -0.4 is 5.90 Å². The predicted molar refractivity (Wildman–Crippen MR) is 50.0 cm³/mol. The lowest BCUT2D eigenvalue weighted by molar-refractivity contribution is 0.141. The van der Waals surface area contributed by atoms with E-state index in [1.54, 1.807) is 0 Å². The third-order valence-corrected chi connectivity index (χ3v) is 2.03. The third-order valence-electron chi connectivity index (χ3n) is 1.79. The second-order valence-corrected chi connectivity index (χ2v) is 3.13. The molecule has 0 aliphatic heterocycles. The molecule has 0 saturated heterocycles. The van der Waals surface area contributed by atoms with Gasteiger partial charge in [0.05, 0.1) is 6.61 Å². The summed E-state index contributed by atoms with van der Waals surface area (Å²) in [6, 6.07) is 5.81. The lowest BCUT2D eigenvalue weighted by Gasteiger charge is -2.04. The van der Waals surface area contributed by atoms with Crippen molar-refractivity contribution in [2.24, 2.45) is 5.90 Å². The maximum Gasteiger partial charge on any atom is 0.0719 e. The molecule has 0 radical (unpaired) electrons. The van der Waals surface area contributed by atoms with Crippen LogP contribution in [0, 0.1) is 6.92 Å². The van der Waals surface area contributed by atoms with Crippen molar-refractivity contribution in [3.8, 4) is 0 Å². The highest BCUT2D eigenvalue weighted by molar-refractivity contribution is 6.30. The van der Waals surface area contributed by atoms with Gasteiger partial charge in [-0.15, -0.1) is 0 Å². The van der Waals surface area contributed by atoms with Gasteiger partial charge in [0.1, 0.15) is 0 Å². The van der Waals surface area contributed by atoms with Crippen LogP contribution in [0.1, 0.15) is 11.1 Å². The van der Waals surface area contributed by atoms with Gasteiger partial charge in [0, 0.05) is 5.02 Å². The first kappa shape index (κ1) is 9.52. The van der Waals surface area contributed by atoms with Crippen LogP contribution in [0.4, 0.5) is 0 Å². The van der Waals surface area contributed by atoms with Gasteiger partial charge in [-0.2, -0.15) is 0 Å². The standard InChI is InChI=1S/C9H12ClNO/c1-7-6-9(10)3-2-8(7)4-5-12-11/h2-3,6H,4-5,11H2,1H3. The molecule has 0 fully saturated rings. The van der Waals surface area contributed by atoms with Crippen molar-refractivity contribution in [3.63, 3.8) is 0 Å². The van der Waals surface area contributed by atoms with Crippen LogP contribution in [0.25, 0.3) is 0 Å². The Hall–Kier alpha value is -0.570. The second kappa shape index (κ2) is 4.45. The summed E-state index contributed by atoms with van der Waals surface area (Å²) in [5.74, 6) is 4.93. The average molecular weight is 186 g/mol. The maximum absolute atomic E-state index is 5.80. The van der Waals surface area contributed by atoms with Crippen molar-refractivity contribution in [2.45, 2.75) is 13.3 Å². The van der Waals surface area contributed by atoms with Gasteiger partial charge in [-0.25, -0.2) is 5.90 Å². The zero-order valence-electron chi connectivity index (χ0n) is 7.01. The molecule has 0 aliphatic rings. The summed E-state index contributed by atoms with van der Waals surface area (Å²) in [5.41, 5.74) is 2.41. The van der Waals surface area contributed by atoms with Gasteiger partial charge in [-0.1, -0.05) is 17.7 Å². The molecule has 66 valence electrons. The van der Waals surface area contributed by atoms with Gasteiger partial charge in [0.25, 0.3) is 0 Å². The Kier molecular flexibility index (Phi) is 3.53. The largest absolute Gasteiger partial charge is 0.304 e. The quantitative estimate of drug-likeness (QED) is 0.732. The molecular formula is C9H12ClNO. The first-order valence-electron chi connectivity index (χ1n) is 3.80. The van der Waals surface area contributed by atoms with E-state index in [1.165, 1.54) is 11.1 Å². The lowest BCUT2D eigenvalue weighted by Crippen LogP contribution is -2.04. The van der Waals surface area contributed by atoms with E-state index < -0.39 is 0 Å². The lowest BCUT2D eigenvalue weighted by atomic mass is 10.1. The van der Waals surface area contributed by atoms with E-state index in [1.807, 2.05) is 25.1 Å². The number of rotatable bonds is 3. The highest BCUT2D eigenvalue weighted by atomic mass is 35.5. The highest BCUT2D eigenvalue weighted by Crippen LogP contribution is 2.15. The predicted octanol–water partition coefficient (Wildman–Crippen LogP) is 2.08. The van der Waals surface area contributed by atoms with E-state index in [-0.39, 0.29) is 0 Å². The van der Waals surface area contributed by atoms with E-state index in [4.69, 9.17) is 17.5 Å². The Bertz CT molecular complexity index is 263. The van der Waals surface area contributed by atoms with Crippen molar-refractivity contribution >= 4 is 11.6 Å². The molecule has 2 nitrogen and oxygen atoms in total. The number of halogens is 1. The van der Waals surface area contributed by atoms with Gasteiger partial charge in [0.2, 0.25) is 0 Å². The van der Waals surface area contributed by atoms with Crippen LogP contribution in [0.2, 0.25) is 5.02 Å². The fourth-order valence-electron chi connectivity index (χ4n) is 1.11. The molecule has 0 unspecified atom stereocenters. The fourth-order valence-corrected chi connectivity index (χ4v) is 1.34. The summed E-state index contributed by atoms with van der Waals surface area (Å²) in [6.45, 7) is 2.57. The van der Waals surface area contributed by atoms with Crippen LogP contribution in [-0.4, -0.2) is 6.61 Å². The number of nitrogens with two attached hydrogens (primary N) is 1. The Morgan fingerprint density at radius 2 is 2.25 bits per heavy atom. The fraction of sp³-hybridized carbons (Fsp3) is 0.333. The van der Waals surface area contributed by atoms with E-state index >= 15 is 0 Å². The molecule has 3 heteroatoms. The molecule has 1 aromatic rings. The topological polar surface area (TPSA) is 35.2 Å². The van der Waals surface area contributed by atoms with Crippen LogP contribution >= 0.6 is 11.6 Å². The van der Waals surface area contributed by atoms with Crippen molar-refractivity contribution in [2.75, 3.05) is 6.61 Å². The zero-order valence-corrected chi connectivity index (χ0v) is 7.77. The highest BCUT2D eigenvalue weighted by Gasteiger charge is 1.98. The molecular weight excluding hydrogens is 174 g/mol. The number of hydrogen-bond donors (Lipinski definition) is 1. The molecule has 0 heterocycles. The summed E-state index contributed by atoms with van der Waals surface area (Å²) >= 11 is 5.80. The molecule has 2 N–H and O–H groups in total. The number of benzene rings is 1. The zero-order chi connectivity index (χ0) is 8.97. The summed E-state index contributed by atoms with van der Waals surface area (Å²) in [5, 5.41) is 0.768. The monoisotopic (exact) mass is 185 g/mol. The van der Waals surface area contributed by atoms with E-state index in [2.05, 4.69) is 4.84 Å². The average Bonchev–Trinajstić information content (AvgIpc) is 2.03. The molecule has 0 spiro atoms. The molecule has 1 rings (SSSR count).